The molecule has 0 amide bonds. The normalized spacial score (nSPS) is 11.1. The molecule has 0 aliphatic heterocycles. The third kappa shape index (κ3) is 2.97. The second-order valence-corrected chi connectivity index (χ2v) is 3.74. The maximum atomic E-state index is 8.77. The molecule has 0 aromatic heterocycles. The summed E-state index contributed by atoms with van der Waals surface area (Å²) in [5.41, 5.74) is 2.48. The van der Waals surface area contributed by atoms with Crippen molar-refractivity contribution in [2.24, 2.45) is 0 Å². The van der Waals surface area contributed by atoms with Crippen molar-refractivity contribution in [1.29, 1.82) is 0 Å². The van der Waals surface area contributed by atoms with Crippen molar-refractivity contribution in [1.82, 2.24) is 0 Å². The van der Waals surface area contributed by atoms with E-state index < -0.39 is 9.03 Å². The van der Waals surface area contributed by atoms with Crippen molar-refractivity contribution < 1.29 is 9.42 Å². The summed E-state index contributed by atoms with van der Waals surface area (Å²) >= 11 is 0. The van der Waals surface area contributed by atoms with Gasteiger partial charge >= 0.3 is 0 Å². The first-order chi connectivity index (χ1) is 6.79. The van der Waals surface area contributed by atoms with Crippen LogP contribution in [0.2, 0.25) is 0 Å². The molecule has 14 heavy (non-hydrogen) atoms. The number of unbranched alkanes of at least 4 members (excludes halogenated alkanes) is 1. The van der Waals surface area contributed by atoms with Crippen LogP contribution in [0.25, 0.3) is 0 Å². The van der Waals surface area contributed by atoms with E-state index in [9.17, 15) is 0 Å². The molecule has 1 rings (SSSR count). The van der Waals surface area contributed by atoms with Gasteiger partial charge in [-0.1, -0.05) is 25.5 Å². The van der Waals surface area contributed by atoms with Gasteiger partial charge in [0.1, 0.15) is 5.75 Å². The summed E-state index contributed by atoms with van der Waals surface area (Å²) in [6, 6.07) is 5.96. The molecule has 0 radical (unpaired) electrons. The molecular formula is C11H17O2P. The molecule has 1 N–H and O–H groups in total. The number of rotatable bonds is 5. The highest BCUT2D eigenvalue weighted by Gasteiger charge is 2.05. The zero-order valence-electron chi connectivity index (χ0n) is 8.71. The van der Waals surface area contributed by atoms with E-state index in [1.54, 1.807) is 0 Å². The molecule has 0 aliphatic carbocycles. The number of benzene rings is 1. The molecule has 0 spiro atoms. The number of hydrogen-bond donors (Lipinski definition) is 1. The highest BCUT2D eigenvalue weighted by Crippen LogP contribution is 2.27. The lowest BCUT2D eigenvalue weighted by atomic mass is 10.0. The fourth-order valence-electron chi connectivity index (χ4n) is 1.49. The minimum absolute atomic E-state index is 0.467. The van der Waals surface area contributed by atoms with Gasteiger partial charge in [-0.3, -0.25) is 0 Å². The van der Waals surface area contributed by atoms with E-state index in [1.807, 2.05) is 12.1 Å². The van der Waals surface area contributed by atoms with Gasteiger partial charge in [-0.15, -0.1) is 0 Å². The third-order valence-electron chi connectivity index (χ3n) is 2.30. The maximum Gasteiger partial charge on any atom is 0.212 e. The number of aryl methyl sites for hydroxylation is 1. The summed E-state index contributed by atoms with van der Waals surface area (Å²) < 4.78 is 5.20. The van der Waals surface area contributed by atoms with E-state index in [4.69, 9.17) is 9.42 Å². The van der Waals surface area contributed by atoms with Crippen LogP contribution >= 0.6 is 9.03 Å². The molecule has 1 aromatic carbocycles. The highest BCUT2D eigenvalue weighted by atomic mass is 31.1. The second kappa shape index (κ2) is 6.00. The molecule has 1 atom stereocenters. The fourth-order valence-corrected chi connectivity index (χ4v) is 1.78. The first-order valence-electron chi connectivity index (χ1n) is 4.94. The monoisotopic (exact) mass is 212 g/mol. The Hall–Kier alpha value is -0.590. The van der Waals surface area contributed by atoms with Gasteiger partial charge < -0.3 is 9.42 Å². The number of hydrogen-bond acceptors (Lipinski definition) is 2. The molecular weight excluding hydrogens is 195 g/mol. The van der Waals surface area contributed by atoms with Crippen LogP contribution in [0.4, 0.5) is 0 Å². The van der Waals surface area contributed by atoms with Gasteiger partial charge in [-0.05, 0) is 37.0 Å². The van der Waals surface area contributed by atoms with Crippen LogP contribution in [0, 0.1) is 6.92 Å². The predicted octanol–water partition coefficient (Wildman–Crippen LogP) is 3.22. The average Bonchev–Trinajstić information content (AvgIpc) is 2.18. The van der Waals surface area contributed by atoms with E-state index in [0.717, 1.165) is 18.6 Å². The minimum atomic E-state index is -0.467. The van der Waals surface area contributed by atoms with Crippen molar-refractivity contribution in [2.45, 2.75) is 33.1 Å². The van der Waals surface area contributed by atoms with Crippen molar-refractivity contribution in [3.63, 3.8) is 0 Å². The van der Waals surface area contributed by atoms with Crippen LogP contribution in [-0.4, -0.2) is 4.89 Å². The van der Waals surface area contributed by atoms with E-state index >= 15 is 0 Å². The average molecular weight is 212 g/mol. The smallest absolute Gasteiger partial charge is 0.212 e. The van der Waals surface area contributed by atoms with Crippen LogP contribution in [-0.2, 0) is 6.42 Å². The molecule has 2 nitrogen and oxygen atoms in total. The molecule has 0 fully saturated rings. The first kappa shape index (κ1) is 11.5. The Morgan fingerprint density at radius 1 is 1.43 bits per heavy atom. The fraction of sp³-hybridized carbons (Fsp3) is 0.455. The Bertz CT molecular complexity index is 287. The Kier molecular flexibility index (Phi) is 4.92. The first-order valence-corrected chi connectivity index (χ1v) is 5.79. The van der Waals surface area contributed by atoms with Gasteiger partial charge in [0.25, 0.3) is 0 Å². The zero-order chi connectivity index (χ0) is 10.4. The summed E-state index contributed by atoms with van der Waals surface area (Å²) in [5.74, 6) is 0.833. The third-order valence-corrected chi connectivity index (χ3v) is 2.61. The van der Waals surface area contributed by atoms with Gasteiger partial charge in [0.05, 0.1) is 0 Å². The predicted molar refractivity (Wildman–Crippen MR) is 61.0 cm³/mol. The Labute approximate surface area is 87.3 Å². The van der Waals surface area contributed by atoms with Crippen LogP contribution < -0.4 is 4.52 Å². The Morgan fingerprint density at radius 2 is 2.21 bits per heavy atom. The largest absolute Gasteiger partial charge is 0.450 e. The lowest BCUT2D eigenvalue weighted by Gasteiger charge is -2.11. The SMILES string of the molecule is CCCCc1c(C)cccc1OPO. The van der Waals surface area contributed by atoms with Crippen molar-refractivity contribution in [3.8, 4) is 5.75 Å². The van der Waals surface area contributed by atoms with Gasteiger partial charge in [0, 0.05) is 0 Å². The van der Waals surface area contributed by atoms with Gasteiger partial charge in [0.15, 0.2) is 0 Å². The summed E-state index contributed by atoms with van der Waals surface area (Å²) in [4.78, 5) is 8.77. The quantitative estimate of drug-likeness (QED) is 0.759. The molecule has 78 valence electrons. The van der Waals surface area contributed by atoms with Crippen LogP contribution in [0.15, 0.2) is 18.2 Å². The topological polar surface area (TPSA) is 29.5 Å². The van der Waals surface area contributed by atoms with E-state index in [-0.39, 0.29) is 0 Å². The minimum Gasteiger partial charge on any atom is -0.450 e. The Balaban J connectivity index is 2.84. The molecule has 0 saturated heterocycles. The summed E-state index contributed by atoms with van der Waals surface area (Å²) in [7, 11) is -0.467. The van der Waals surface area contributed by atoms with Gasteiger partial charge in [0.2, 0.25) is 9.03 Å². The molecule has 0 saturated carbocycles. The summed E-state index contributed by atoms with van der Waals surface area (Å²) in [5, 5.41) is 0. The van der Waals surface area contributed by atoms with Crippen molar-refractivity contribution >= 4 is 9.03 Å². The second-order valence-electron chi connectivity index (χ2n) is 3.35. The molecule has 1 unspecified atom stereocenters. The lowest BCUT2D eigenvalue weighted by molar-refractivity contribution is 0.509. The molecule has 3 heteroatoms. The highest BCUT2D eigenvalue weighted by molar-refractivity contribution is 7.25. The van der Waals surface area contributed by atoms with Crippen molar-refractivity contribution in [2.75, 3.05) is 0 Å². The van der Waals surface area contributed by atoms with E-state index in [2.05, 4.69) is 19.9 Å². The van der Waals surface area contributed by atoms with Crippen LogP contribution in [0.1, 0.15) is 30.9 Å². The maximum absolute atomic E-state index is 8.77. The van der Waals surface area contributed by atoms with Crippen LogP contribution in [0.3, 0.4) is 0 Å². The van der Waals surface area contributed by atoms with Gasteiger partial charge in [-0.2, -0.15) is 0 Å². The molecule has 0 heterocycles. The zero-order valence-corrected chi connectivity index (χ0v) is 9.71. The van der Waals surface area contributed by atoms with Gasteiger partial charge in [-0.25, -0.2) is 0 Å². The molecule has 0 bridgehead atoms. The van der Waals surface area contributed by atoms with Crippen LogP contribution in [0.5, 0.6) is 5.75 Å². The lowest BCUT2D eigenvalue weighted by Crippen LogP contribution is -1.93. The van der Waals surface area contributed by atoms with E-state index in [1.165, 1.54) is 17.5 Å². The Morgan fingerprint density at radius 3 is 2.86 bits per heavy atom. The van der Waals surface area contributed by atoms with E-state index in [0.29, 0.717) is 0 Å². The van der Waals surface area contributed by atoms with Crippen molar-refractivity contribution in [3.05, 3.63) is 29.3 Å². The summed E-state index contributed by atoms with van der Waals surface area (Å²) in [6.45, 7) is 4.25. The molecule has 0 aliphatic rings. The molecule has 1 aromatic rings. The standard InChI is InChI=1S/C11H17O2P/c1-3-4-7-10-9(2)6-5-8-11(10)13-14-12/h5-6,8,12,14H,3-4,7H2,1-2H3. The summed E-state index contributed by atoms with van der Waals surface area (Å²) in [6.07, 6.45) is 3.37.